The maximum absolute atomic E-state index is 11.0. The third-order valence-electron chi connectivity index (χ3n) is 1.68. The van der Waals surface area contributed by atoms with Crippen molar-refractivity contribution in [2.75, 3.05) is 6.61 Å². The van der Waals surface area contributed by atoms with Crippen LogP contribution in [0, 0.1) is 5.92 Å². The van der Waals surface area contributed by atoms with Gasteiger partial charge in [-0.3, -0.25) is 14.4 Å². The molecular formula is C9H13NO3. The van der Waals surface area contributed by atoms with Crippen LogP contribution in [-0.4, -0.2) is 23.5 Å². The highest BCUT2D eigenvalue weighted by atomic mass is 16.7. The molecule has 1 heterocycles. The molecule has 4 nitrogen and oxygen atoms in total. The highest BCUT2D eigenvalue weighted by Crippen LogP contribution is 2.06. The Morgan fingerprint density at radius 3 is 2.31 bits per heavy atom. The molecule has 0 aromatic heterocycles. The first kappa shape index (κ1) is 9.92. The highest BCUT2D eigenvalue weighted by Gasteiger charge is 2.24. The van der Waals surface area contributed by atoms with Gasteiger partial charge in [0.1, 0.15) is 0 Å². The summed E-state index contributed by atoms with van der Waals surface area (Å²) in [4.78, 5) is 26.9. The van der Waals surface area contributed by atoms with Crippen molar-refractivity contribution in [2.24, 2.45) is 5.92 Å². The quantitative estimate of drug-likeness (QED) is 0.608. The summed E-state index contributed by atoms with van der Waals surface area (Å²) in [7, 11) is 0. The number of carbonyl (C=O) groups excluding carboxylic acids is 2. The minimum Gasteiger partial charge on any atom is -0.267 e. The molecule has 13 heavy (non-hydrogen) atoms. The van der Waals surface area contributed by atoms with E-state index in [1.807, 2.05) is 0 Å². The zero-order valence-corrected chi connectivity index (χ0v) is 7.82. The fourth-order valence-corrected chi connectivity index (χ4v) is 0.894. The number of rotatable bonds is 4. The number of hydroxylamine groups is 2. The van der Waals surface area contributed by atoms with Gasteiger partial charge in [0.2, 0.25) is 0 Å². The first-order valence-electron chi connectivity index (χ1n) is 4.30. The van der Waals surface area contributed by atoms with Crippen LogP contribution in [0.3, 0.4) is 0 Å². The van der Waals surface area contributed by atoms with Crippen LogP contribution in [0.15, 0.2) is 12.2 Å². The van der Waals surface area contributed by atoms with Crippen molar-refractivity contribution in [1.82, 2.24) is 5.06 Å². The Kier molecular flexibility index (Phi) is 3.19. The standard InChI is InChI=1S/C9H13NO3/c1-7(2)5-6-13-10-8(11)3-4-9(10)12/h3-4,7H,5-6H2,1-2H3. The van der Waals surface area contributed by atoms with Crippen molar-refractivity contribution in [3.05, 3.63) is 12.2 Å². The predicted octanol–water partition coefficient (Wildman–Crippen LogP) is 0.889. The summed E-state index contributed by atoms with van der Waals surface area (Å²) in [6.45, 7) is 4.50. The van der Waals surface area contributed by atoms with Crippen LogP contribution in [-0.2, 0) is 14.4 Å². The molecule has 0 aromatic carbocycles. The number of carbonyl (C=O) groups is 2. The molecule has 0 radical (unpaired) electrons. The molecule has 0 aliphatic carbocycles. The number of hydrogen-bond donors (Lipinski definition) is 0. The Hall–Kier alpha value is -1.16. The van der Waals surface area contributed by atoms with Crippen LogP contribution >= 0.6 is 0 Å². The highest BCUT2D eigenvalue weighted by molar-refractivity contribution is 6.11. The van der Waals surface area contributed by atoms with Gasteiger partial charge in [0.05, 0.1) is 6.61 Å². The monoisotopic (exact) mass is 183 g/mol. The fourth-order valence-electron chi connectivity index (χ4n) is 0.894. The van der Waals surface area contributed by atoms with E-state index >= 15 is 0 Å². The average molecular weight is 183 g/mol. The minimum absolute atomic E-state index is 0.395. The Morgan fingerprint density at radius 2 is 1.85 bits per heavy atom. The van der Waals surface area contributed by atoms with E-state index in [-0.39, 0.29) is 0 Å². The molecule has 1 aliphatic rings. The molecule has 0 saturated heterocycles. The second kappa shape index (κ2) is 4.18. The summed E-state index contributed by atoms with van der Waals surface area (Å²) in [5, 5.41) is 0.794. The second-order valence-electron chi connectivity index (χ2n) is 3.32. The maximum atomic E-state index is 11.0. The number of amides is 2. The number of hydrogen-bond acceptors (Lipinski definition) is 3. The van der Waals surface area contributed by atoms with E-state index in [4.69, 9.17) is 4.84 Å². The Morgan fingerprint density at radius 1 is 1.31 bits per heavy atom. The van der Waals surface area contributed by atoms with E-state index < -0.39 is 11.8 Å². The molecule has 0 spiro atoms. The van der Waals surface area contributed by atoms with Gasteiger partial charge in [-0.1, -0.05) is 13.8 Å². The SMILES string of the molecule is CC(C)CCON1C(=O)C=CC1=O. The van der Waals surface area contributed by atoms with E-state index in [9.17, 15) is 9.59 Å². The third kappa shape index (κ3) is 2.66. The van der Waals surface area contributed by atoms with Crippen LogP contribution in [0.25, 0.3) is 0 Å². The van der Waals surface area contributed by atoms with Crippen molar-refractivity contribution in [3.8, 4) is 0 Å². The summed E-state index contributed by atoms with van der Waals surface area (Å²) in [6.07, 6.45) is 3.24. The second-order valence-corrected chi connectivity index (χ2v) is 3.32. The van der Waals surface area contributed by atoms with E-state index in [1.54, 1.807) is 0 Å². The van der Waals surface area contributed by atoms with Crippen LogP contribution in [0.2, 0.25) is 0 Å². The van der Waals surface area contributed by atoms with Crippen LogP contribution in [0.4, 0.5) is 0 Å². The molecule has 0 saturated carbocycles. The van der Waals surface area contributed by atoms with Gasteiger partial charge in [-0.2, -0.15) is 0 Å². The Balaban J connectivity index is 2.30. The van der Waals surface area contributed by atoms with Gasteiger partial charge >= 0.3 is 0 Å². The average Bonchev–Trinajstić information content (AvgIpc) is 2.34. The largest absolute Gasteiger partial charge is 0.277 e. The van der Waals surface area contributed by atoms with Gasteiger partial charge in [0.25, 0.3) is 11.8 Å². The molecule has 1 aliphatic heterocycles. The van der Waals surface area contributed by atoms with Crippen molar-refractivity contribution < 1.29 is 14.4 Å². The van der Waals surface area contributed by atoms with Crippen LogP contribution < -0.4 is 0 Å². The van der Waals surface area contributed by atoms with Gasteiger partial charge < -0.3 is 0 Å². The molecular weight excluding hydrogens is 170 g/mol. The lowest BCUT2D eigenvalue weighted by atomic mass is 10.1. The van der Waals surface area contributed by atoms with Crippen LogP contribution in [0.1, 0.15) is 20.3 Å². The molecule has 0 atom stereocenters. The molecule has 1 rings (SSSR count). The van der Waals surface area contributed by atoms with E-state index in [0.717, 1.165) is 11.5 Å². The molecule has 4 heteroatoms. The van der Waals surface area contributed by atoms with E-state index in [2.05, 4.69) is 13.8 Å². The summed E-state index contributed by atoms with van der Waals surface area (Å²) >= 11 is 0. The van der Waals surface area contributed by atoms with Gasteiger partial charge in [-0.15, -0.1) is 5.06 Å². The first-order valence-corrected chi connectivity index (χ1v) is 4.30. The summed E-state index contributed by atoms with van der Waals surface area (Å²) in [5.74, 6) is -0.289. The predicted molar refractivity (Wildman–Crippen MR) is 46.4 cm³/mol. The lowest BCUT2D eigenvalue weighted by Gasteiger charge is -2.13. The molecule has 0 unspecified atom stereocenters. The summed E-state index contributed by atoms with van der Waals surface area (Å²) in [5.41, 5.74) is 0. The van der Waals surface area contributed by atoms with E-state index in [0.29, 0.717) is 12.5 Å². The summed E-state index contributed by atoms with van der Waals surface area (Å²) in [6, 6.07) is 0. The first-order chi connectivity index (χ1) is 6.11. The summed E-state index contributed by atoms with van der Waals surface area (Å²) < 4.78 is 0. The molecule has 0 N–H and O–H groups in total. The lowest BCUT2D eigenvalue weighted by molar-refractivity contribution is -0.186. The number of nitrogens with zero attached hydrogens (tertiary/aromatic N) is 1. The van der Waals surface area contributed by atoms with Gasteiger partial charge in [0.15, 0.2) is 0 Å². The molecule has 0 aromatic rings. The lowest BCUT2D eigenvalue weighted by Crippen LogP contribution is -2.30. The zero-order valence-electron chi connectivity index (χ0n) is 7.82. The smallest absolute Gasteiger partial charge is 0.267 e. The fraction of sp³-hybridized carbons (Fsp3) is 0.556. The topological polar surface area (TPSA) is 46.6 Å². The molecule has 0 bridgehead atoms. The zero-order chi connectivity index (χ0) is 9.84. The van der Waals surface area contributed by atoms with Gasteiger partial charge in [0, 0.05) is 12.2 Å². The third-order valence-corrected chi connectivity index (χ3v) is 1.68. The normalized spacial score (nSPS) is 16.4. The Labute approximate surface area is 77.1 Å². The van der Waals surface area contributed by atoms with Crippen molar-refractivity contribution in [1.29, 1.82) is 0 Å². The maximum Gasteiger partial charge on any atom is 0.277 e. The molecule has 72 valence electrons. The van der Waals surface area contributed by atoms with Crippen molar-refractivity contribution in [3.63, 3.8) is 0 Å². The van der Waals surface area contributed by atoms with Gasteiger partial charge in [-0.25, -0.2) is 0 Å². The Bertz CT molecular complexity index is 227. The molecule has 2 amide bonds. The van der Waals surface area contributed by atoms with Gasteiger partial charge in [-0.05, 0) is 12.3 Å². The minimum atomic E-state index is -0.395. The molecule has 0 fully saturated rings. The van der Waals surface area contributed by atoms with E-state index in [1.165, 1.54) is 12.2 Å². The van der Waals surface area contributed by atoms with Crippen LogP contribution in [0.5, 0.6) is 0 Å². The van der Waals surface area contributed by atoms with Crippen molar-refractivity contribution in [2.45, 2.75) is 20.3 Å². The number of imide groups is 1. The van der Waals surface area contributed by atoms with Crippen molar-refractivity contribution >= 4 is 11.8 Å².